The molecule has 3 rings (SSSR count). The zero-order valence-corrected chi connectivity index (χ0v) is 14.3. The zero-order valence-electron chi connectivity index (χ0n) is 12.7. The van der Waals surface area contributed by atoms with E-state index in [0.29, 0.717) is 13.1 Å². The minimum absolute atomic E-state index is 0. The summed E-state index contributed by atoms with van der Waals surface area (Å²) in [7, 11) is -3.33. The van der Waals surface area contributed by atoms with E-state index in [4.69, 9.17) is 5.73 Å². The van der Waals surface area contributed by atoms with Crippen molar-refractivity contribution in [2.24, 2.45) is 5.73 Å². The van der Waals surface area contributed by atoms with E-state index in [1.54, 1.807) is 0 Å². The summed E-state index contributed by atoms with van der Waals surface area (Å²) in [6, 6.07) is 19.0. The minimum Gasteiger partial charge on any atom is -0.326 e. The third-order valence-electron chi connectivity index (χ3n) is 4.14. The number of hydrogen-bond acceptors (Lipinski definition) is 3. The summed E-state index contributed by atoms with van der Waals surface area (Å²) in [6.45, 7) is 0.842. The van der Waals surface area contributed by atoms with Gasteiger partial charge in [0, 0.05) is 25.0 Å². The van der Waals surface area contributed by atoms with Crippen molar-refractivity contribution in [3.8, 4) is 0 Å². The molecule has 2 N–H and O–H groups in total. The fourth-order valence-corrected chi connectivity index (χ4v) is 4.53. The van der Waals surface area contributed by atoms with E-state index < -0.39 is 10.0 Å². The van der Waals surface area contributed by atoms with Crippen LogP contribution in [0.4, 0.5) is 0 Å². The van der Waals surface area contributed by atoms with E-state index in [0.717, 1.165) is 11.1 Å². The van der Waals surface area contributed by atoms with E-state index in [-0.39, 0.29) is 30.1 Å². The van der Waals surface area contributed by atoms with Crippen LogP contribution >= 0.6 is 12.4 Å². The molecule has 0 radical (unpaired) electrons. The van der Waals surface area contributed by atoms with Crippen LogP contribution < -0.4 is 5.73 Å². The molecule has 0 aliphatic carbocycles. The monoisotopic (exact) mass is 352 g/mol. The molecule has 2 aromatic carbocycles. The highest BCUT2D eigenvalue weighted by Crippen LogP contribution is 2.29. The SMILES string of the molecule is Cl.N[C@@H]1CN(S(=O)(=O)Cc2ccccc2)C[C@H]1c1ccccc1. The summed E-state index contributed by atoms with van der Waals surface area (Å²) < 4.78 is 26.7. The number of hydrogen-bond donors (Lipinski definition) is 1. The molecule has 0 aromatic heterocycles. The van der Waals surface area contributed by atoms with Crippen molar-refractivity contribution in [2.45, 2.75) is 17.7 Å². The van der Waals surface area contributed by atoms with E-state index in [2.05, 4.69) is 0 Å². The molecular formula is C17H21ClN2O2S. The van der Waals surface area contributed by atoms with Crippen molar-refractivity contribution >= 4 is 22.4 Å². The first-order valence-corrected chi connectivity index (χ1v) is 8.99. The largest absolute Gasteiger partial charge is 0.326 e. The second-order valence-corrected chi connectivity index (χ2v) is 7.71. The Bertz CT molecular complexity index is 723. The maximum Gasteiger partial charge on any atom is 0.218 e. The molecule has 0 spiro atoms. The van der Waals surface area contributed by atoms with Crippen LogP contribution in [0.25, 0.3) is 0 Å². The van der Waals surface area contributed by atoms with Crippen LogP contribution in [0.5, 0.6) is 0 Å². The number of nitrogens with two attached hydrogens (primary N) is 1. The highest BCUT2D eigenvalue weighted by Gasteiger charge is 2.37. The third-order valence-corrected chi connectivity index (χ3v) is 5.93. The first-order chi connectivity index (χ1) is 10.6. The first-order valence-electron chi connectivity index (χ1n) is 7.38. The normalized spacial score (nSPS) is 21.8. The lowest BCUT2D eigenvalue weighted by molar-refractivity contribution is 0.469. The summed E-state index contributed by atoms with van der Waals surface area (Å²) >= 11 is 0. The Balaban J connectivity index is 0.00000192. The molecule has 1 aliphatic rings. The van der Waals surface area contributed by atoms with Gasteiger partial charge in [-0.2, -0.15) is 4.31 Å². The van der Waals surface area contributed by atoms with Gasteiger partial charge in [-0.05, 0) is 11.1 Å². The van der Waals surface area contributed by atoms with Crippen LogP contribution in [-0.2, 0) is 15.8 Å². The maximum atomic E-state index is 12.6. The van der Waals surface area contributed by atoms with Gasteiger partial charge in [0.25, 0.3) is 0 Å². The van der Waals surface area contributed by atoms with E-state index in [1.165, 1.54) is 4.31 Å². The molecule has 4 nitrogen and oxygen atoms in total. The summed E-state index contributed by atoms with van der Waals surface area (Å²) in [5.41, 5.74) is 8.09. The fourth-order valence-electron chi connectivity index (χ4n) is 2.95. The molecule has 1 aliphatic heterocycles. The highest BCUT2D eigenvalue weighted by atomic mass is 35.5. The molecule has 1 saturated heterocycles. The quantitative estimate of drug-likeness (QED) is 0.918. The predicted molar refractivity (Wildman–Crippen MR) is 95.0 cm³/mol. The zero-order chi connectivity index (χ0) is 15.6. The Labute approximate surface area is 143 Å². The van der Waals surface area contributed by atoms with Gasteiger partial charge in [0.05, 0.1) is 5.75 Å². The second-order valence-electron chi connectivity index (χ2n) is 5.74. The second kappa shape index (κ2) is 7.45. The van der Waals surface area contributed by atoms with Crippen molar-refractivity contribution in [1.29, 1.82) is 0 Å². The topological polar surface area (TPSA) is 63.4 Å². The average Bonchev–Trinajstić information content (AvgIpc) is 2.92. The predicted octanol–water partition coefficient (Wildman–Crippen LogP) is 2.36. The Morgan fingerprint density at radius 3 is 2.13 bits per heavy atom. The van der Waals surface area contributed by atoms with Gasteiger partial charge in [0.2, 0.25) is 10.0 Å². The average molecular weight is 353 g/mol. The fraction of sp³-hybridized carbons (Fsp3) is 0.294. The molecule has 0 unspecified atom stereocenters. The third kappa shape index (κ3) is 4.12. The van der Waals surface area contributed by atoms with Gasteiger partial charge < -0.3 is 5.73 Å². The highest BCUT2D eigenvalue weighted by molar-refractivity contribution is 7.88. The lowest BCUT2D eigenvalue weighted by Gasteiger charge is -2.16. The summed E-state index contributed by atoms with van der Waals surface area (Å²) in [6.07, 6.45) is 0. The van der Waals surface area contributed by atoms with E-state index in [1.807, 2.05) is 60.7 Å². The minimum atomic E-state index is -3.33. The van der Waals surface area contributed by atoms with Crippen molar-refractivity contribution in [3.63, 3.8) is 0 Å². The molecule has 0 bridgehead atoms. The number of sulfonamides is 1. The Morgan fingerprint density at radius 1 is 0.957 bits per heavy atom. The molecule has 1 heterocycles. The van der Waals surface area contributed by atoms with Crippen LogP contribution in [0.15, 0.2) is 60.7 Å². The first kappa shape index (κ1) is 17.9. The van der Waals surface area contributed by atoms with Crippen molar-refractivity contribution in [3.05, 3.63) is 71.8 Å². The summed E-state index contributed by atoms with van der Waals surface area (Å²) in [5.74, 6) is 0.0916. The van der Waals surface area contributed by atoms with Crippen LogP contribution in [0.1, 0.15) is 17.0 Å². The van der Waals surface area contributed by atoms with Gasteiger partial charge >= 0.3 is 0 Å². The van der Waals surface area contributed by atoms with Crippen LogP contribution in [0.3, 0.4) is 0 Å². The standard InChI is InChI=1S/C17H20N2O2S.ClH/c18-17-12-19(11-16(17)15-9-5-2-6-10-15)22(20,21)13-14-7-3-1-4-8-14;/h1-10,16-17H,11-13,18H2;1H/t16-,17+;/m0./s1. The molecule has 1 fully saturated rings. The molecule has 2 aromatic rings. The molecule has 0 amide bonds. The molecular weight excluding hydrogens is 332 g/mol. The van der Waals surface area contributed by atoms with Crippen molar-refractivity contribution in [1.82, 2.24) is 4.31 Å². The number of rotatable bonds is 4. The van der Waals surface area contributed by atoms with Gasteiger partial charge in [-0.25, -0.2) is 8.42 Å². The molecule has 6 heteroatoms. The Morgan fingerprint density at radius 2 is 1.52 bits per heavy atom. The van der Waals surface area contributed by atoms with Gasteiger partial charge in [-0.1, -0.05) is 60.7 Å². The van der Waals surface area contributed by atoms with Gasteiger partial charge in [0.1, 0.15) is 0 Å². The van der Waals surface area contributed by atoms with Gasteiger partial charge in [-0.3, -0.25) is 0 Å². The van der Waals surface area contributed by atoms with Crippen molar-refractivity contribution in [2.75, 3.05) is 13.1 Å². The number of benzene rings is 2. The van der Waals surface area contributed by atoms with Gasteiger partial charge in [0.15, 0.2) is 0 Å². The summed E-state index contributed by atoms with van der Waals surface area (Å²) in [4.78, 5) is 0. The van der Waals surface area contributed by atoms with E-state index in [9.17, 15) is 8.42 Å². The molecule has 23 heavy (non-hydrogen) atoms. The molecule has 124 valence electrons. The van der Waals surface area contributed by atoms with E-state index >= 15 is 0 Å². The number of nitrogens with zero attached hydrogens (tertiary/aromatic N) is 1. The van der Waals surface area contributed by atoms with Crippen LogP contribution in [0.2, 0.25) is 0 Å². The lowest BCUT2D eigenvalue weighted by Crippen LogP contribution is -2.33. The molecule has 0 saturated carbocycles. The van der Waals surface area contributed by atoms with Crippen LogP contribution in [0, 0.1) is 0 Å². The smallest absolute Gasteiger partial charge is 0.218 e. The van der Waals surface area contributed by atoms with Crippen molar-refractivity contribution < 1.29 is 8.42 Å². The lowest BCUT2D eigenvalue weighted by atomic mass is 9.95. The van der Waals surface area contributed by atoms with Gasteiger partial charge in [-0.15, -0.1) is 12.4 Å². The Hall–Kier alpha value is -1.40. The maximum absolute atomic E-state index is 12.6. The molecule has 2 atom stereocenters. The van der Waals surface area contributed by atoms with Crippen LogP contribution in [-0.4, -0.2) is 31.9 Å². The number of halogens is 1. The Kier molecular flexibility index (Phi) is 5.81. The summed E-state index contributed by atoms with van der Waals surface area (Å²) in [5, 5.41) is 0.